The topological polar surface area (TPSA) is 54.0 Å². The van der Waals surface area contributed by atoms with Crippen LogP contribution >= 0.6 is 0 Å². The highest BCUT2D eigenvalue weighted by Crippen LogP contribution is 2.11. The summed E-state index contributed by atoms with van der Waals surface area (Å²) in [6, 6.07) is 1.44. The van der Waals surface area contributed by atoms with Gasteiger partial charge in [0.1, 0.15) is 0 Å². The molecule has 1 amide bonds. The first-order valence-electron chi connectivity index (χ1n) is 4.78. The third kappa shape index (κ3) is 4.03. The number of anilines is 1. The lowest BCUT2D eigenvalue weighted by molar-refractivity contribution is -0.116. The largest absolute Gasteiger partial charge is 0.324 e. The van der Waals surface area contributed by atoms with Gasteiger partial charge < -0.3 is 10.6 Å². The summed E-state index contributed by atoms with van der Waals surface area (Å²) in [5.41, 5.74) is 0.180. The quantitative estimate of drug-likeness (QED) is 0.718. The molecule has 0 saturated carbocycles. The molecule has 0 fully saturated rings. The van der Waals surface area contributed by atoms with E-state index in [4.69, 9.17) is 0 Å². The lowest BCUT2D eigenvalue weighted by atomic mass is 10.3. The van der Waals surface area contributed by atoms with Crippen molar-refractivity contribution in [3.8, 4) is 0 Å². The SMILES string of the molecule is CNCCCC(=O)Nc1ccncc1F. The zero-order valence-electron chi connectivity index (χ0n) is 8.59. The number of halogens is 1. The van der Waals surface area contributed by atoms with Gasteiger partial charge in [0.2, 0.25) is 5.91 Å². The Morgan fingerprint density at radius 3 is 3.07 bits per heavy atom. The highest BCUT2D eigenvalue weighted by Gasteiger charge is 2.05. The molecular weight excluding hydrogens is 197 g/mol. The van der Waals surface area contributed by atoms with Gasteiger partial charge in [0.15, 0.2) is 5.82 Å². The Kier molecular flexibility index (Phi) is 4.70. The lowest BCUT2D eigenvalue weighted by Crippen LogP contribution is -2.15. The highest BCUT2D eigenvalue weighted by molar-refractivity contribution is 5.90. The summed E-state index contributed by atoms with van der Waals surface area (Å²) >= 11 is 0. The number of nitrogens with one attached hydrogen (secondary N) is 2. The molecule has 0 aromatic carbocycles. The molecule has 0 saturated heterocycles. The number of nitrogens with zero attached hydrogens (tertiary/aromatic N) is 1. The van der Waals surface area contributed by atoms with E-state index in [0.717, 1.165) is 19.2 Å². The number of carbonyl (C=O) groups is 1. The van der Waals surface area contributed by atoms with Crippen molar-refractivity contribution in [1.29, 1.82) is 0 Å². The Labute approximate surface area is 87.9 Å². The molecule has 1 aromatic rings. The van der Waals surface area contributed by atoms with Gasteiger partial charge in [-0.15, -0.1) is 0 Å². The van der Waals surface area contributed by atoms with Crippen molar-refractivity contribution in [1.82, 2.24) is 10.3 Å². The molecule has 1 heterocycles. The number of amides is 1. The Morgan fingerprint density at radius 1 is 1.60 bits per heavy atom. The van der Waals surface area contributed by atoms with Gasteiger partial charge in [0.05, 0.1) is 11.9 Å². The van der Waals surface area contributed by atoms with Crippen LogP contribution in [0.5, 0.6) is 0 Å². The first-order chi connectivity index (χ1) is 7.24. The standard InChI is InChI=1S/C10H14FN3O/c1-12-5-2-3-10(15)14-9-4-6-13-7-8(9)11/h4,6-7,12H,2-3,5H2,1H3,(H,13,14,15). The third-order valence-electron chi connectivity index (χ3n) is 1.88. The average molecular weight is 211 g/mol. The Morgan fingerprint density at radius 2 is 2.40 bits per heavy atom. The Hall–Kier alpha value is -1.49. The number of hydrogen-bond donors (Lipinski definition) is 2. The highest BCUT2D eigenvalue weighted by atomic mass is 19.1. The molecule has 2 N–H and O–H groups in total. The maximum Gasteiger partial charge on any atom is 0.224 e. The normalized spacial score (nSPS) is 10.0. The van der Waals surface area contributed by atoms with Gasteiger partial charge in [-0.1, -0.05) is 0 Å². The second-order valence-corrected chi connectivity index (χ2v) is 3.11. The van der Waals surface area contributed by atoms with Crippen LogP contribution in [0.25, 0.3) is 0 Å². The van der Waals surface area contributed by atoms with Gasteiger partial charge in [0, 0.05) is 12.6 Å². The van der Waals surface area contributed by atoms with E-state index in [1.807, 2.05) is 7.05 Å². The summed E-state index contributed by atoms with van der Waals surface area (Å²) in [6.07, 6.45) is 3.62. The summed E-state index contributed by atoms with van der Waals surface area (Å²) in [6.45, 7) is 0.770. The van der Waals surface area contributed by atoms with Crippen molar-refractivity contribution >= 4 is 11.6 Å². The second kappa shape index (κ2) is 6.08. The van der Waals surface area contributed by atoms with E-state index < -0.39 is 5.82 Å². The van der Waals surface area contributed by atoms with E-state index >= 15 is 0 Å². The van der Waals surface area contributed by atoms with Crippen LogP contribution in [0.2, 0.25) is 0 Å². The zero-order valence-corrected chi connectivity index (χ0v) is 8.59. The zero-order chi connectivity index (χ0) is 11.1. The third-order valence-corrected chi connectivity index (χ3v) is 1.88. The molecule has 15 heavy (non-hydrogen) atoms. The fraction of sp³-hybridized carbons (Fsp3) is 0.400. The summed E-state index contributed by atoms with van der Waals surface area (Å²) < 4.78 is 13.0. The first kappa shape index (κ1) is 11.6. The van der Waals surface area contributed by atoms with Crippen molar-refractivity contribution in [2.45, 2.75) is 12.8 Å². The van der Waals surface area contributed by atoms with Gasteiger partial charge >= 0.3 is 0 Å². The molecule has 0 bridgehead atoms. The monoisotopic (exact) mass is 211 g/mol. The molecule has 1 rings (SSSR count). The van der Waals surface area contributed by atoms with Crippen LogP contribution in [-0.4, -0.2) is 24.5 Å². The van der Waals surface area contributed by atoms with Crippen LogP contribution < -0.4 is 10.6 Å². The summed E-state index contributed by atoms with van der Waals surface area (Å²) in [4.78, 5) is 14.9. The van der Waals surface area contributed by atoms with Crippen LogP contribution in [0.4, 0.5) is 10.1 Å². The van der Waals surface area contributed by atoms with E-state index in [0.29, 0.717) is 6.42 Å². The van der Waals surface area contributed by atoms with E-state index in [9.17, 15) is 9.18 Å². The van der Waals surface area contributed by atoms with Crippen LogP contribution in [0.15, 0.2) is 18.5 Å². The summed E-state index contributed by atoms with van der Waals surface area (Å²) in [5.74, 6) is -0.699. The number of aromatic nitrogens is 1. The van der Waals surface area contributed by atoms with Gasteiger partial charge in [-0.05, 0) is 26.1 Å². The molecule has 4 nitrogen and oxygen atoms in total. The van der Waals surface area contributed by atoms with Crippen LogP contribution in [-0.2, 0) is 4.79 Å². The van der Waals surface area contributed by atoms with Crippen molar-refractivity contribution in [3.05, 3.63) is 24.3 Å². The predicted molar refractivity (Wildman–Crippen MR) is 56.0 cm³/mol. The average Bonchev–Trinajstić information content (AvgIpc) is 2.22. The maximum absolute atomic E-state index is 13.0. The van der Waals surface area contributed by atoms with E-state index in [2.05, 4.69) is 15.6 Å². The van der Waals surface area contributed by atoms with Crippen molar-refractivity contribution in [2.24, 2.45) is 0 Å². The molecule has 0 atom stereocenters. The molecule has 0 unspecified atom stereocenters. The first-order valence-corrected chi connectivity index (χ1v) is 4.78. The predicted octanol–water partition coefficient (Wildman–Crippen LogP) is 1.16. The van der Waals surface area contributed by atoms with Crippen LogP contribution in [0.3, 0.4) is 0 Å². The molecular formula is C10H14FN3O. The molecule has 0 aliphatic heterocycles. The molecule has 5 heteroatoms. The molecule has 1 aromatic heterocycles. The van der Waals surface area contributed by atoms with Gasteiger partial charge in [-0.3, -0.25) is 9.78 Å². The number of carbonyl (C=O) groups excluding carboxylic acids is 1. The fourth-order valence-corrected chi connectivity index (χ4v) is 1.11. The smallest absolute Gasteiger partial charge is 0.224 e. The van der Waals surface area contributed by atoms with E-state index in [1.54, 1.807) is 0 Å². The Balaban J connectivity index is 2.41. The van der Waals surface area contributed by atoms with Gasteiger partial charge in [-0.2, -0.15) is 0 Å². The second-order valence-electron chi connectivity index (χ2n) is 3.11. The minimum Gasteiger partial charge on any atom is -0.324 e. The molecule has 0 aliphatic carbocycles. The lowest BCUT2D eigenvalue weighted by Gasteiger charge is -2.05. The molecule has 0 radical (unpaired) electrons. The molecule has 82 valence electrons. The number of hydrogen-bond acceptors (Lipinski definition) is 3. The van der Waals surface area contributed by atoms with Crippen molar-refractivity contribution < 1.29 is 9.18 Å². The van der Waals surface area contributed by atoms with Crippen LogP contribution in [0.1, 0.15) is 12.8 Å². The van der Waals surface area contributed by atoms with Crippen molar-refractivity contribution in [2.75, 3.05) is 18.9 Å². The number of pyridine rings is 1. The van der Waals surface area contributed by atoms with E-state index in [-0.39, 0.29) is 11.6 Å². The van der Waals surface area contributed by atoms with E-state index in [1.165, 1.54) is 12.3 Å². The van der Waals surface area contributed by atoms with Gasteiger partial charge in [0.25, 0.3) is 0 Å². The maximum atomic E-state index is 13.0. The van der Waals surface area contributed by atoms with Crippen LogP contribution in [0, 0.1) is 5.82 Å². The fourth-order valence-electron chi connectivity index (χ4n) is 1.11. The van der Waals surface area contributed by atoms with Gasteiger partial charge in [-0.25, -0.2) is 4.39 Å². The minimum absolute atomic E-state index is 0.180. The number of rotatable bonds is 5. The molecule has 0 spiro atoms. The van der Waals surface area contributed by atoms with Crippen molar-refractivity contribution in [3.63, 3.8) is 0 Å². The summed E-state index contributed by atoms with van der Waals surface area (Å²) in [5, 5.41) is 5.42. The Bertz CT molecular complexity index is 330. The molecule has 0 aliphatic rings. The minimum atomic E-state index is -0.514. The summed E-state index contributed by atoms with van der Waals surface area (Å²) in [7, 11) is 1.82.